The van der Waals surface area contributed by atoms with E-state index in [9.17, 15) is 16.8 Å². The zero-order valence-electron chi connectivity index (χ0n) is 9.16. The maximum atomic E-state index is 10.9. The summed E-state index contributed by atoms with van der Waals surface area (Å²) >= 11 is 0. The van der Waals surface area contributed by atoms with E-state index in [1.165, 1.54) is 0 Å². The number of rotatable bonds is 8. The average molecular weight is 298 g/mol. The van der Waals surface area contributed by atoms with Crippen LogP contribution in [0.15, 0.2) is 0 Å². The third-order valence-electron chi connectivity index (χ3n) is 2.20. The Balaban J connectivity index is 0. The van der Waals surface area contributed by atoms with E-state index in [2.05, 4.69) is 0 Å². The van der Waals surface area contributed by atoms with Crippen molar-refractivity contribution in [2.75, 3.05) is 5.75 Å². The molecule has 0 aliphatic rings. The standard InChI is InChI=1S/C8H18O6S2.Na.H/c1-2-3-4-5-6-8(16(12,13)14)7-15(9,10)11;;/h8H,2-7H2,1H3,(H,9,10,11)(H,12,13,14);;. The summed E-state index contributed by atoms with van der Waals surface area (Å²) in [5.41, 5.74) is 0. The van der Waals surface area contributed by atoms with Crippen LogP contribution in [0.4, 0.5) is 0 Å². The van der Waals surface area contributed by atoms with Crippen LogP contribution in [-0.2, 0) is 20.2 Å². The van der Waals surface area contributed by atoms with Gasteiger partial charge in [0.05, 0.1) is 5.75 Å². The van der Waals surface area contributed by atoms with Gasteiger partial charge in [-0.2, -0.15) is 16.8 Å². The fourth-order valence-electron chi connectivity index (χ4n) is 1.35. The van der Waals surface area contributed by atoms with Crippen molar-refractivity contribution < 1.29 is 25.9 Å². The average Bonchev–Trinajstić information content (AvgIpc) is 2.06. The molecule has 0 spiro atoms. The van der Waals surface area contributed by atoms with Crippen molar-refractivity contribution in [3.8, 4) is 0 Å². The van der Waals surface area contributed by atoms with Gasteiger partial charge in [0, 0.05) is 0 Å². The SMILES string of the molecule is CCCCCCC(CS(=O)(=O)O)S(=O)(=O)O.[NaH]. The van der Waals surface area contributed by atoms with Crippen molar-refractivity contribution in [1.82, 2.24) is 0 Å². The molecule has 0 saturated carbocycles. The first-order valence-corrected chi connectivity index (χ1v) is 8.19. The Hall–Kier alpha value is 0.820. The first-order valence-electron chi connectivity index (χ1n) is 5.08. The predicted molar refractivity (Wildman–Crippen MR) is 67.7 cm³/mol. The Bertz CT molecular complexity index is 388. The minimum absolute atomic E-state index is 0. The molecule has 2 N–H and O–H groups in total. The van der Waals surface area contributed by atoms with Crippen molar-refractivity contribution in [3.05, 3.63) is 0 Å². The molecule has 0 bridgehead atoms. The molecule has 0 aliphatic carbocycles. The van der Waals surface area contributed by atoms with Crippen LogP contribution in [0, 0.1) is 0 Å². The second-order valence-corrected chi connectivity index (χ2v) is 6.93. The summed E-state index contributed by atoms with van der Waals surface area (Å²) in [5.74, 6) is -0.946. The maximum absolute atomic E-state index is 10.9. The molecule has 0 aromatic carbocycles. The van der Waals surface area contributed by atoms with E-state index in [0.29, 0.717) is 6.42 Å². The van der Waals surface area contributed by atoms with Gasteiger partial charge in [0.2, 0.25) is 0 Å². The van der Waals surface area contributed by atoms with E-state index in [1.807, 2.05) is 6.92 Å². The van der Waals surface area contributed by atoms with Gasteiger partial charge >= 0.3 is 29.6 Å². The molecule has 0 fully saturated rings. The molecule has 100 valence electrons. The van der Waals surface area contributed by atoms with Gasteiger partial charge in [0.25, 0.3) is 20.2 Å². The Morgan fingerprint density at radius 3 is 1.88 bits per heavy atom. The van der Waals surface area contributed by atoms with Crippen molar-refractivity contribution in [2.24, 2.45) is 0 Å². The van der Waals surface area contributed by atoms with Crippen LogP contribution in [0.5, 0.6) is 0 Å². The molecule has 17 heavy (non-hydrogen) atoms. The topological polar surface area (TPSA) is 109 Å². The van der Waals surface area contributed by atoms with Crippen LogP contribution >= 0.6 is 0 Å². The third kappa shape index (κ3) is 11.6. The predicted octanol–water partition coefficient (Wildman–Crippen LogP) is 0.452. The second-order valence-electron chi connectivity index (χ2n) is 3.73. The van der Waals surface area contributed by atoms with Gasteiger partial charge in [-0.1, -0.05) is 32.6 Å². The summed E-state index contributed by atoms with van der Waals surface area (Å²) in [6, 6.07) is 0. The molecule has 0 rings (SSSR count). The Kier molecular flexibility index (Phi) is 10.5. The molecular formula is C8H19NaO6S2. The molecule has 0 radical (unpaired) electrons. The van der Waals surface area contributed by atoms with E-state index in [-0.39, 0.29) is 36.0 Å². The quantitative estimate of drug-likeness (QED) is 0.382. The summed E-state index contributed by atoms with van der Waals surface area (Å²) in [6.45, 7) is 1.98. The van der Waals surface area contributed by atoms with Crippen LogP contribution in [0.3, 0.4) is 0 Å². The van der Waals surface area contributed by atoms with E-state index in [4.69, 9.17) is 9.11 Å². The molecule has 0 heterocycles. The van der Waals surface area contributed by atoms with Gasteiger partial charge in [-0.3, -0.25) is 9.11 Å². The summed E-state index contributed by atoms with van der Waals surface area (Å²) in [5, 5.41) is -1.43. The molecule has 6 nitrogen and oxygen atoms in total. The van der Waals surface area contributed by atoms with Gasteiger partial charge in [0.15, 0.2) is 0 Å². The van der Waals surface area contributed by atoms with E-state index < -0.39 is 31.2 Å². The van der Waals surface area contributed by atoms with Crippen molar-refractivity contribution in [2.45, 2.75) is 44.3 Å². The normalized spacial score (nSPS) is 14.1. The van der Waals surface area contributed by atoms with Crippen molar-refractivity contribution >= 4 is 49.8 Å². The molecule has 0 saturated heterocycles. The Morgan fingerprint density at radius 2 is 1.53 bits per heavy atom. The fourth-order valence-corrected chi connectivity index (χ4v) is 3.66. The molecular weight excluding hydrogens is 279 g/mol. The van der Waals surface area contributed by atoms with Crippen LogP contribution in [0.1, 0.15) is 39.0 Å². The molecule has 1 unspecified atom stereocenters. The zero-order valence-corrected chi connectivity index (χ0v) is 10.8. The molecule has 0 amide bonds. The van der Waals surface area contributed by atoms with Gasteiger partial charge in [-0.25, -0.2) is 0 Å². The molecule has 1 atom stereocenters. The van der Waals surface area contributed by atoms with Gasteiger partial charge in [-0.05, 0) is 6.42 Å². The molecule has 0 aliphatic heterocycles. The first kappa shape index (κ1) is 20.1. The van der Waals surface area contributed by atoms with E-state index in [1.54, 1.807) is 0 Å². The number of unbranched alkanes of at least 4 members (excludes halogenated alkanes) is 3. The minimum atomic E-state index is -4.42. The summed E-state index contributed by atoms with van der Waals surface area (Å²) in [7, 11) is -8.81. The second kappa shape index (κ2) is 8.84. The van der Waals surface area contributed by atoms with Crippen LogP contribution < -0.4 is 0 Å². The molecule has 9 heteroatoms. The number of hydrogen-bond donors (Lipinski definition) is 2. The number of hydrogen-bond acceptors (Lipinski definition) is 4. The van der Waals surface area contributed by atoms with Crippen LogP contribution in [0.25, 0.3) is 0 Å². The van der Waals surface area contributed by atoms with E-state index in [0.717, 1.165) is 19.3 Å². The summed E-state index contributed by atoms with van der Waals surface area (Å²) in [6.07, 6.45) is 3.21. The first-order chi connectivity index (χ1) is 7.17. The summed E-state index contributed by atoms with van der Waals surface area (Å²) < 4.78 is 60.2. The van der Waals surface area contributed by atoms with Gasteiger partial charge < -0.3 is 0 Å². The van der Waals surface area contributed by atoms with Gasteiger partial charge in [-0.15, -0.1) is 0 Å². The van der Waals surface area contributed by atoms with Crippen molar-refractivity contribution in [1.29, 1.82) is 0 Å². The van der Waals surface area contributed by atoms with E-state index >= 15 is 0 Å². The monoisotopic (exact) mass is 298 g/mol. The molecule has 0 aromatic rings. The fraction of sp³-hybridized carbons (Fsp3) is 1.00. The zero-order chi connectivity index (χ0) is 12.8. The Labute approximate surface area is 125 Å². The molecule has 0 aromatic heterocycles. The third-order valence-corrected chi connectivity index (χ3v) is 4.48. The van der Waals surface area contributed by atoms with Gasteiger partial charge in [0.1, 0.15) is 5.25 Å². The van der Waals surface area contributed by atoms with Crippen LogP contribution in [-0.4, -0.2) is 66.5 Å². The van der Waals surface area contributed by atoms with Crippen molar-refractivity contribution in [3.63, 3.8) is 0 Å². The summed E-state index contributed by atoms with van der Waals surface area (Å²) in [4.78, 5) is 0. The van der Waals surface area contributed by atoms with Crippen LogP contribution in [0.2, 0.25) is 0 Å². The Morgan fingerprint density at radius 1 is 1.00 bits per heavy atom.